The zero-order chi connectivity index (χ0) is 16.5. The van der Waals surface area contributed by atoms with Gasteiger partial charge in [-0.25, -0.2) is 0 Å². The number of nitrogens with one attached hydrogen (secondary N) is 1. The molecule has 0 spiro atoms. The molecule has 23 heavy (non-hydrogen) atoms. The van der Waals surface area contributed by atoms with Gasteiger partial charge in [0.1, 0.15) is 0 Å². The lowest BCUT2D eigenvalue weighted by atomic mass is 10.3. The number of rotatable bonds is 6. The molecule has 2 saturated heterocycles. The van der Waals surface area contributed by atoms with Crippen molar-refractivity contribution < 1.29 is 19.4 Å². The van der Waals surface area contributed by atoms with Gasteiger partial charge in [0.05, 0.1) is 19.8 Å². The minimum atomic E-state index is -0.511. The Kier molecular flexibility index (Phi) is 7.73. The van der Waals surface area contributed by atoms with Crippen LogP contribution in [0.4, 0.5) is 0 Å². The first-order valence-electron chi connectivity index (χ1n) is 8.41. The van der Waals surface area contributed by atoms with Crippen molar-refractivity contribution >= 4 is 11.8 Å². The molecule has 0 atom stereocenters. The van der Waals surface area contributed by atoms with E-state index in [0.717, 1.165) is 39.3 Å². The zero-order valence-electron chi connectivity index (χ0n) is 13.7. The van der Waals surface area contributed by atoms with E-state index < -0.39 is 11.8 Å². The van der Waals surface area contributed by atoms with E-state index in [4.69, 9.17) is 9.84 Å². The summed E-state index contributed by atoms with van der Waals surface area (Å²) in [6.45, 7) is 8.08. The smallest absolute Gasteiger partial charge is 0.311 e. The van der Waals surface area contributed by atoms with E-state index in [0.29, 0.717) is 39.3 Å². The lowest BCUT2D eigenvalue weighted by molar-refractivity contribution is -0.147. The number of ether oxygens (including phenoxy) is 1. The first-order valence-corrected chi connectivity index (χ1v) is 8.41. The van der Waals surface area contributed by atoms with Crippen LogP contribution in [0.5, 0.6) is 0 Å². The second kappa shape index (κ2) is 9.82. The van der Waals surface area contributed by atoms with E-state index in [1.807, 2.05) is 0 Å². The van der Waals surface area contributed by atoms with Crippen molar-refractivity contribution in [3.63, 3.8) is 0 Å². The summed E-state index contributed by atoms with van der Waals surface area (Å²) in [4.78, 5) is 30.0. The predicted molar refractivity (Wildman–Crippen MR) is 85.0 cm³/mol. The molecule has 8 nitrogen and oxygen atoms in total. The van der Waals surface area contributed by atoms with Gasteiger partial charge in [-0.2, -0.15) is 0 Å². The number of nitrogens with zero attached hydrogens (tertiary/aromatic N) is 3. The maximum Gasteiger partial charge on any atom is 0.311 e. The highest BCUT2D eigenvalue weighted by atomic mass is 16.5. The molecule has 2 aliphatic heterocycles. The molecule has 0 aliphatic carbocycles. The topological polar surface area (TPSA) is 85.4 Å². The van der Waals surface area contributed by atoms with E-state index in [9.17, 15) is 9.59 Å². The number of piperazine rings is 1. The number of aliphatic hydroxyl groups is 1. The number of aliphatic hydroxyl groups excluding tert-OH is 1. The van der Waals surface area contributed by atoms with Crippen molar-refractivity contribution in [2.45, 2.75) is 6.42 Å². The lowest BCUT2D eigenvalue weighted by Gasteiger charge is -2.33. The number of β-amino-alcohol motifs (C(OH)–C–C–N with tert-alkyl or cyclic N) is 1. The molecular formula is C15H28N4O4. The van der Waals surface area contributed by atoms with Gasteiger partial charge in [-0.1, -0.05) is 0 Å². The molecule has 2 fully saturated rings. The van der Waals surface area contributed by atoms with E-state index >= 15 is 0 Å². The van der Waals surface area contributed by atoms with Crippen molar-refractivity contribution in [2.75, 3.05) is 78.7 Å². The number of morpholine rings is 1. The summed E-state index contributed by atoms with van der Waals surface area (Å²) in [5, 5.41) is 11.6. The third-order valence-electron chi connectivity index (χ3n) is 4.31. The van der Waals surface area contributed by atoms with Crippen LogP contribution in [-0.4, -0.2) is 110 Å². The summed E-state index contributed by atoms with van der Waals surface area (Å²) < 4.78 is 5.29. The molecule has 132 valence electrons. The number of hydrogen-bond acceptors (Lipinski definition) is 6. The quantitative estimate of drug-likeness (QED) is 0.432. The molecule has 2 amide bonds. The van der Waals surface area contributed by atoms with Crippen molar-refractivity contribution in [1.29, 1.82) is 0 Å². The zero-order valence-corrected chi connectivity index (χ0v) is 13.7. The molecule has 0 saturated carbocycles. The van der Waals surface area contributed by atoms with Crippen LogP contribution < -0.4 is 5.32 Å². The van der Waals surface area contributed by atoms with Gasteiger partial charge in [-0.05, 0) is 13.0 Å². The fraction of sp³-hybridized carbons (Fsp3) is 0.867. The van der Waals surface area contributed by atoms with Crippen LogP contribution in [0.1, 0.15) is 6.42 Å². The Bertz CT molecular complexity index is 380. The van der Waals surface area contributed by atoms with Gasteiger partial charge in [-0.3, -0.25) is 19.4 Å². The third kappa shape index (κ3) is 6.06. The van der Waals surface area contributed by atoms with Gasteiger partial charge >= 0.3 is 11.8 Å². The van der Waals surface area contributed by atoms with Crippen molar-refractivity contribution in [1.82, 2.24) is 20.0 Å². The molecule has 2 rings (SSSR count). The minimum absolute atomic E-state index is 0.123. The predicted octanol–water partition coefficient (Wildman–Crippen LogP) is -2.04. The normalized spacial score (nSPS) is 20.5. The maximum absolute atomic E-state index is 12.1. The van der Waals surface area contributed by atoms with Crippen molar-refractivity contribution in [3.8, 4) is 0 Å². The Morgan fingerprint density at radius 3 is 2.26 bits per heavy atom. The molecule has 0 radical (unpaired) electrons. The average Bonchev–Trinajstić information content (AvgIpc) is 2.60. The summed E-state index contributed by atoms with van der Waals surface area (Å²) in [6, 6.07) is 0. The maximum atomic E-state index is 12.1. The largest absolute Gasteiger partial charge is 0.395 e. The first kappa shape index (κ1) is 18.1. The summed E-state index contributed by atoms with van der Waals surface area (Å²) in [5.74, 6) is -0.956. The summed E-state index contributed by atoms with van der Waals surface area (Å²) in [6.07, 6.45) is 0.837. The van der Waals surface area contributed by atoms with Crippen LogP contribution in [0.3, 0.4) is 0 Å². The van der Waals surface area contributed by atoms with Crippen LogP contribution in [0.2, 0.25) is 0 Å². The number of carbonyl (C=O) groups is 2. The molecule has 2 N–H and O–H groups in total. The summed E-state index contributed by atoms with van der Waals surface area (Å²) in [7, 11) is 0. The Morgan fingerprint density at radius 1 is 0.957 bits per heavy atom. The first-order chi connectivity index (χ1) is 11.2. The molecule has 2 heterocycles. The number of amides is 2. The monoisotopic (exact) mass is 328 g/mol. The second-order valence-corrected chi connectivity index (χ2v) is 5.92. The Balaban J connectivity index is 1.58. The van der Waals surface area contributed by atoms with Crippen LogP contribution in [0, 0.1) is 0 Å². The Labute approximate surface area is 137 Å². The Hall–Kier alpha value is -1.22. The van der Waals surface area contributed by atoms with Gasteiger partial charge in [0.25, 0.3) is 0 Å². The second-order valence-electron chi connectivity index (χ2n) is 5.92. The molecule has 2 aliphatic rings. The lowest BCUT2D eigenvalue weighted by Crippen LogP contribution is -2.53. The number of carbonyl (C=O) groups excluding carboxylic acids is 2. The fourth-order valence-electron chi connectivity index (χ4n) is 2.86. The van der Waals surface area contributed by atoms with Crippen LogP contribution in [-0.2, 0) is 14.3 Å². The fourth-order valence-corrected chi connectivity index (χ4v) is 2.86. The van der Waals surface area contributed by atoms with E-state index in [1.165, 1.54) is 0 Å². The van der Waals surface area contributed by atoms with Crippen LogP contribution in [0.15, 0.2) is 0 Å². The van der Waals surface area contributed by atoms with Gasteiger partial charge < -0.3 is 20.1 Å². The van der Waals surface area contributed by atoms with Gasteiger partial charge in [0, 0.05) is 52.4 Å². The molecule has 0 unspecified atom stereocenters. The summed E-state index contributed by atoms with van der Waals surface area (Å²) >= 11 is 0. The van der Waals surface area contributed by atoms with Gasteiger partial charge in [0.15, 0.2) is 0 Å². The highest BCUT2D eigenvalue weighted by Gasteiger charge is 2.25. The molecule has 0 aromatic carbocycles. The highest BCUT2D eigenvalue weighted by Crippen LogP contribution is 2.02. The standard InChI is InChI=1S/C15H28N4O4/c20-11-8-18-4-6-19(7-5-18)15(22)14(21)16-2-1-3-17-9-12-23-13-10-17/h20H,1-13H2,(H,16,21). The van der Waals surface area contributed by atoms with Crippen LogP contribution in [0.25, 0.3) is 0 Å². The van der Waals surface area contributed by atoms with Crippen molar-refractivity contribution in [2.24, 2.45) is 0 Å². The average molecular weight is 328 g/mol. The van der Waals surface area contributed by atoms with Gasteiger partial charge in [-0.15, -0.1) is 0 Å². The Morgan fingerprint density at radius 2 is 1.61 bits per heavy atom. The highest BCUT2D eigenvalue weighted by molar-refractivity contribution is 6.35. The number of hydrogen-bond donors (Lipinski definition) is 2. The van der Waals surface area contributed by atoms with Gasteiger partial charge in [0.2, 0.25) is 0 Å². The molecule has 8 heteroatoms. The van der Waals surface area contributed by atoms with E-state index in [-0.39, 0.29) is 6.61 Å². The summed E-state index contributed by atoms with van der Waals surface area (Å²) in [5.41, 5.74) is 0. The molecular weight excluding hydrogens is 300 g/mol. The van der Waals surface area contributed by atoms with Crippen LogP contribution >= 0.6 is 0 Å². The van der Waals surface area contributed by atoms with E-state index in [1.54, 1.807) is 4.90 Å². The van der Waals surface area contributed by atoms with E-state index in [2.05, 4.69) is 15.1 Å². The minimum Gasteiger partial charge on any atom is -0.395 e. The SMILES string of the molecule is O=C(NCCCN1CCOCC1)C(=O)N1CCN(CCO)CC1. The molecule has 0 bridgehead atoms. The van der Waals surface area contributed by atoms with Crippen molar-refractivity contribution in [3.05, 3.63) is 0 Å². The molecule has 0 aromatic rings. The third-order valence-corrected chi connectivity index (χ3v) is 4.31. The molecule has 0 aromatic heterocycles.